The van der Waals surface area contributed by atoms with Gasteiger partial charge in [-0.15, -0.1) is 0 Å². The van der Waals surface area contributed by atoms with Crippen molar-refractivity contribution in [3.8, 4) is 11.3 Å². The van der Waals surface area contributed by atoms with Gasteiger partial charge in [-0.1, -0.05) is 0 Å². The Morgan fingerprint density at radius 3 is 2.78 bits per heavy atom. The summed E-state index contributed by atoms with van der Waals surface area (Å²) in [6.07, 6.45) is 5.06. The van der Waals surface area contributed by atoms with Gasteiger partial charge in [0.25, 0.3) is 0 Å². The first-order valence-electron chi connectivity index (χ1n) is 8.20. The number of aromatic amines is 1. The fraction of sp³-hybridized carbons (Fsp3) is 0.529. The maximum Gasteiger partial charge on any atom is 0.248 e. The zero-order valence-electron chi connectivity index (χ0n) is 12.9. The van der Waals surface area contributed by atoms with Gasteiger partial charge in [0, 0.05) is 49.0 Å². The fourth-order valence-electron chi connectivity index (χ4n) is 3.79. The average Bonchev–Trinajstić information content (AvgIpc) is 3.28. The van der Waals surface area contributed by atoms with Gasteiger partial charge < -0.3 is 5.32 Å². The Hall–Kier alpha value is -1.82. The third kappa shape index (κ3) is 2.87. The minimum absolute atomic E-state index is 0.0347. The molecule has 2 aromatic rings. The number of aromatic nitrogens is 3. The molecule has 2 unspecified atom stereocenters. The minimum atomic E-state index is -2.55. The molecule has 2 aliphatic rings. The highest BCUT2D eigenvalue weighted by Gasteiger charge is 2.40. The molecule has 2 N–H and O–H groups in total. The van der Waals surface area contributed by atoms with Crippen LogP contribution in [0.5, 0.6) is 0 Å². The van der Waals surface area contributed by atoms with Gasteiger partial charge >= 0.3 is 0 Å². The summed E-state index contributed by atoms with van der Waals surface area (Å²) in [6, 6.07) is 3.92. The monoisotopic (exact) mass is 318 g/mol. The number of rotatable bonds is 3. The molecule has 1 aliphatic carbocycles. The van der Waals surface area contributed by atoms with Gasteiger partial charge in [-0.25, -0.2) is 8.78 Å². The van der Waals surface area contributed by atoms with Crippen LogP contribution in [0.25, 0.3) is 11.3 Å². The summed E-state index contributed by atoms with van der Waals surface area (Å²) in [6.45, 7) is 1.94. The molecule has 122 valence electrons. The molecule has 2 aromatic heterocycles. The normalized spacial score (nSPS) is 26.7. The van der Waals surface area contributed by atoms with E-state index in [4.69, 9.17) is 0 Å². The first kappa shape index (κ1) is 14.8. The number of hydrogen-bond donors (Lipinski definition) is 2. The van der Waals surface area contributed by atoms with Gasteiger partial charge in [-0.2, -0.15) is 5.10 Å². The van der Waals surface area contributed by atoms with Crippen molar-refractivity contribution < 1.29 is 8.78 Å². The van der Waals surface area contributed by atoms with Gasteiger partial charge in [0.1, 0.15) is 0 Å². The lowest BCUT2D eigenvalue weighted by molar-refractivity contribution is 0.00766. The summed E-state index contributed by atoms with van der Waals surface area (Å²) in [7, 11) is 0. The van der Waals surface area contributed by atoms with E-state index in [1.54, 1.807) is 6.20 Å². The SMILES string of the molecule is FC1(F)CCC(c2cc(-c3ccn[nH]3)c(C3CCNC3)cn2)C1. The van der Waals surface area contributed by atoms with Crippen molar-refractivity contribution in [2.45, 2.75) is 43.4 Å². The molecular weight excluding hydrogens is 298 g/mol. The first-order valence-corrected chi connectivity index (χ1v) is 8.20. The van der Waals surface area contributed by atoms with Gasteiger partial charge in [0.2, 0.25) is 5.92 Å². The van der Waals surface area contributed by atoms with Crippen LogP contribution in [0, 0.1) is 0 Å². The number of hydrogen-bond acceptors (Lipinski definition) is 3. The fourth-order valence-corrected chi connectivity index (χ4v) is 3.79. The number of halogens is 2. The minimum Gasteiger partial charge on any atom is -0.316 e. The molecule has 0 amide bonds. The topological polar surface area (TPSA) is 53.6 Å². The Balaban J connectivity index is 1.72. The summed E-state index contributed by atoms with van der Waals surface area (Å²) in [5, 5.41) is 10.4. The highest BCUT2D eigenvalue weighted by Crippen LogP contribution is 2.44. The smallest absolute Gasteiger partial charge is 0.248 e. The maximum absolute atomic E-state index is 13.5. The van der Waals surface area contributed by atoms with E-state index in [-0.39, 0.29) is 18.8 Å². The second-order valence-corrected chi connectivity index (χ2v) is 6.65. The summed E-state index contributed by atoms with van der Waals surface area (Å²) >= 11 is 0. The van der Waals surface area contributed by atoms with Crippen LogP contribution in [0.4, 0.5) is 8.78 Å². The third-order valence-electron chi connectivity index (χ3n) is 5.07. The number of H-pyrrole nitrogens is 1. The molecule has 0 bridgehead atoms. The highest BCUT2D eigenvalue weighted by atomic mass is 19.3. The zero-order chi connectivity index (χ0) is 15.9. The molecule has 1 saturated heterocycles. The van der Waals surface area contributed by atoms with Crippen LogP contribution in [-0.2, 0) is 0 Å². The lowest BCUT2D eigenvalue weighted by Gasteiger charge is -2.17. The van der Waals surface area contributed by atoms with Crippen molar-refractivity contribution in [3.05, 3.63) is 35.8 Å². The molecule has 2 atom stereocenters. The predicted molar refractivity (Wildman–Crippen MR) is 83.6 cm³/mol. The molecule has 2 fully saturated rings. The first-order chi connectivity index (χ1) is 11.1. The van der Waals surface area contributed by atoms with Crippen LogP contribution in [0.3, 0.4) is 0 Å². The summed E-state index contributed by atoms with van der Waals surface area (Å²) < 4.78 is 27.1. The summed E-state index contributed by atoms with van der Waals surface area (Å²) in [5.41, 5.74) is 3.94. The molecule has 6 heteroatoms. The molecule has 1 saturated carbocycles. The molecule has 0 aromatic carbocycles. The van der Waals surface area contributed by atoms with Crippen LogP contribution >= 0.6 is 0 Å². The Bertz CT molecular complexity index is 678. The Labute approximate surface area is 133 Å². The van der Waals surface area contributed by atoms with Crippen molar-refractivity contribution in [1.29, 1.82) is 0 Å². The van der Waals surface area contributed by atoms with Gasteiger partial charge in [0.15, 0.2) is 0 Å². The molecule has 4 rings (SSSR count). The maximum atomic E-state index is 13.5. The Morgan fingerprint density at radius 1 is 1.22 bits per heavy atom. The molecule has 0 spiro atoms. The van der Waals surface area contributed by atoms with Crippen LogP contribution in [0.1, 0.15) is 48.8 Å². The van der Waals surface area contributed by atoms with E-state index in [9.17, 15) is 8.78 Å². The van der Waals surface area contributed by atoms with Gasteiger partial charge in [0.05, 0.1) is 5.69 Å². The van der Waals surface area contributed by atoms with E-state index in [2.05, 4.69) is 20.5 Å². The number of nitrogens with zero attached hydrogens (tertiary/aromatic N) is 2. The van der Waals surface area contributed by atoms with Crippen molar-refractivity contribution >= 4 is 0 Å². The Morgan fingerprint density at radius 2 is 2.13 bits per heavy atom. The van der Waals surface area contributed by atoms with Crippen molar-refractivity contribution in [3.63, 3.8) is 0 Å². The number of pyridine rings is 1. The largest absolute Gasteiger partial charge is 0.316 e. The van der Waals surface area contributed by atoms with E-state index >= 15 is 0 Å². The second kappa shape index (κ2) is 5.67. The molecular formula is C17H20F2N4. The van der Waals surface area contributed by atoms with Crippen LogP contribution in [-0.4, -0.2) is 34.2 Å². The van der Waals surface area contributed by atoms with Crippen LogP contribution < -0.4 is 5.32 Å². The molecule has 1 aliphatic heterocycles. The van der Waals surface area contributed by atoms with E-state index in [0.717, 1.165) is 36.5 Å². The van der Waals surface area contributed by atoms with Crippen LogP contribution in [0.2, 0.25) is 0 Å². The lowest BCUT2D eigenvalue weighted by Crippen LogP contribution is -2.11. The Kier molecular flexibility index (Phi) is 3.64. The van der Waals surface area contributed by atoms with Crippen molar-refractivity contribution in [2.75, 3.05) is 13.1 Å². The van der Waals surface area contributed by atoms with Crippen LogP contribution in [0.15, 0.2) is 24.5 Å². The third-order valence-corrected chi connectivity index (χ3v) is 5.07. The summed E-state index contributed by atoms with van der Waals surface area (Å²) in [4.78, 5) is 4.55. The zero-order valence-corrected chi connectivity index (χ0v) is 12.9. The molecule has 23 heavy (non-hydrogen) atoms. The quantitative estimate of drug-likeness (QED) is 0.911. The molecule has 3 heterocycles. The molecule has 0 radical (unpaired) electrons. The standard InChI is InChI=1S/C17H20F2N4/c18-17(19)4-1-11(8-17)16-7-13(15-3-6-22-23-15)14(10-21-16)12-2-5-20-9-12/h3,6-7,10-12,20H,1-2,4-5,8-9H2,(H,22,23). The van der Waals surface area contributed by atoms with E-state index in [1.165, 1.54) is 5.56 Å². The number of nitrogens with one attached hydrogen (secondary N) is 2. The predicted octanol–water partition coefficient (Wildman–Crippen LogP) is 3.45. The van der Waals surface area contributed by atoms with Gasteiger partial charge in [-0.05, 0) is 43.0 Å². The highest BCUT2D eigenvalue weighted by molar-refractivity contribution is 5.64. The van der Waals surface area contributed by atoms with E-state index in [1.807, 2.05) is 18.3 Å². The number of alkyl halides is 2. The van der Waals surface area contributed by atoms with E-state index < -0.39 is 5.92 Å². The van der Waals surface area contributed by atoms with Crippen molar-refractivity contribution in [1.82, 2.24) is 20.5 Å². The summed E-state index contributed by atoms with van der Waals surface area (Å²) in [5.74, 6) is -2.28. The van der Waals surface area contributed by atoms with Gasteiger partial charge in [-0.3, -0.25) is 10.1 Å². The van der Waals surface area contributed by atoms with Crippen molar-refractivity contribution in [2.24, 2.45) is 0 Å². The van der Waals surface area contributed by atoms with E-state index in [0.29, 0.717) is 12.3 Å². The molecule has 4 nitrogen and oxygen atoms in total. The lowest BCUT2D eigenvalue weighted by atomic mass is 9.91. The second-order valence-electron chi connectivity index (χ2n) is 6.65. The average molecular weight is 318 g/mol.